The smallest absolute Gasteiger partial charge is 0.255 e. The highest BCUT2D eigenvalue weighted by molar-refractivity contribution is 5.94. The first-order chi connectivity index (χ1) is 15.5. The number of fused-ring (bicyclic) bond motifs is 1. The lowest BCUT2D eigenvalue weighted by Crippen LogP contribution is -2.38. The number of nitriles is 1. The third-order valence-corrected chi connectivity index (χ3v) is 7.00. The van der Waals surface area contributed by atoms with Crippen LogP contribution in [0.2, 0.25) is 0 Å². The minimum absolute atomic E-state index is 0.0616. The van der Waals surface area contributed by atoms with Crippen molar-refractivity contribution in [2.45, 2.75) is 64.3 Å². The van der Waals surface area contributed by atoms with Crippen molar-refractivity contribution in [1.82, 2.24) is 24.5 Å². The van der Waals surface area contributed by atoms with Crippen LogP contribution in [0.5, 0.6) is 0 Å². The third-order valence-electron chi connectivity index (χ3n) is 7.00. The van der Waals surface area contributed by atoms with Gasteiger partial charge in [0.15, 0.2) is 5.65 Å². The van der Waals surface area contributed by atoms with Crippen molar-refractivity contribution in [2.24, 2.45) is 5.92 Å². The Morgan fingerprint density at radius 1 is 1.22 bits per heavy atom. The molecule has 2 fully saturated rings. The highest BCUT2D eigenvalue weighted by Crippen LogP contribution is 2.39. The van der Waals surface area contributed by atoms with Gasteiger partial charge in [-0.25, -0.2) is 14.5 Å². The van der Waals surface area contributed by atoms with Crippen LogP contribution in [0.1, 0.15) is 90.4 Å². The van der Waals surface area contributed by atoms with Gasteiger partial charge in [-0.15, -0.1) is 0 Å². The van der Waals surface area contributed by atoms with E-state index in [4.69, 9.17) is 15.3 Å². The van der Waals surface area contributed by atoms with Gasteiger partial charge in [0.1, 0.15) is 11.8 Å². The Morgan fingerprint density at radius 2 is 2.09 bits per heavy atom. The maximum absolute atomic E-state index is 13.3. The van der Waals surface area contributed by atoms with Gasteiger partial charge in [-0.05, 0) is 62.6 Å². The number of rotatable bonds is 3. The zero-order chi connectivity index (χ0) is 22.2. The van der Waals surface area contributed by atoms with Gasteiger partial charge in [-0.1, -0.05) is 13.3 Å². The Kier molecular flexibility index (Phi) is 5.38. The van der Waals surface area contributed by atoms with Crippen LogP contribution < -0.4 is 0 Å². The summed E-state index contributed by atoms with van der Waals surface area (Å²) in [6, 6.07) is 7.24. The van der Waals surface area contributed by atoms with E-state index in [9.17, 15) is 4.79 Å². The van der Waals surface area contributed by atoms with Crippen LogP contribution in [0.3, 0.4) is 0 Å². The molecule has 5 rings (SSSR count). The zero-order valence-electron chi connectivity index (χ0n) is 18.7. The van der Waals surface area contributed by atoms with Gasteiger partial charge >= 0.3 is 0 Å². The number of piperidine rings is 1. The number of carbonyl (C=O) groups excluding carboxylic acids is 1. The lowest BCUT2D eigenvalue weighted by Gasteiger charge is -2.34. The number of hydrogen-bond acceptors (Lipinski definition) is 5. The molecule has 1 saturated heterocycles. The largest absolute Gasteiger partial charge is 0.330 e. The summed E-state index contributed by atoms with van der Waals surface area (Å²) in [6.45, 7) is 5.14. The van der Waals surface area contributed by atoms with Crippen molar-refractivity contribution in [3.05, 3.63) is 58.8 Å². The minimum atomic E-state index is -0.0798. The van der Waals surface area contributed by atoms with Crippen LogP contribution in [0, 0.1) is 24.2 Å². The fourth-order valence-corrected chi connectivity index (χ4v) is 5.31. The molecule has 1 unspecified atom stereocenters. The highest BCUT2D eigenvalue weighted by atomic mass is 16.2. The molecule has 3 aromatic heterocycles. The average molecular weight is 429 g/mol. The van der Waals surface area contributed by atoms with Crippen molar-refractivity contribution in [1.29, 1.82) is 5.26 Å². The predicted octanol–water partition coefficient (Wildman–Crippen LogP) is 4.58. The normalized spacial score (nSPS) is 23.4. The molecule has 1 amide bonds. The Labute approximate surface area is 188 Å². The summed E-state index contributed by atoms with van der Waals surface area (Å²) >= 11 is 0. The number of hydrogen-bond donors (Lipinski definition) is 0. The van der Waals surface area contributed by atoms with Gasteiger partial charge in [0.2, 0.25) is 0 Å². The van der Waals surface area contributed by atoms with Crippen LogP contribution in [-0.4, -0.2) is 36.9 Å². The van der Waals surface area contributed by atoms with E-state index in [1.54, 1.807) is 12.1 Å². The summed E-state index contributed by atoms with van der Waals surface area (Å²) < 4.78 is 1.87. The summed E-state index contributed by atoms with van der Waals surface area (Å²) in [7, 11) is 0. The Morgan fingerprint density at radius 3 is 2.81 bits per heavy atom. The summed E-state index contributed by atoms with van der Waals surface area (Å²) in [6.07, 6.45) is 10.2. The Bertz CT molecular complexity index is 1190. The molecule has 0 aromatic carbocycles. The second-order valence-electron chi connectivity index (χ2n) is 9.35. The number of amides is 1. The highest BCUT2D eigenvalue weighted by Gasteiger charge is 2.31. The number of aryl methyl sites for hydroxylation is 1. The first-order valence-electron chi connectivity index (χ1n) is 11.6. The number of carbonyl (C=O) groups is 1. The zero-order valence-corrected chi connectivity index (χ0v) is 18.7. The first kappa shape index (κ1) is 20.6. The number of likely N-dealkylation sites (tertiary alicyclic amines) is 1. The lowest BCUT2D eigenvalue weighted by atomic mass is 9.98. The molecule has 4 heterocycles. The molecule has 0 bridgehead atoms. The molecule has 164 valence electrons. The SMILES string of the molecule is Cc1cn2nc([C@@H]3CCCCN3C(=O)c3ccc(C#N)nc3)cc2nc1C1CC[C@H](C)C1. The average Bonchev–Trinajstić information content (AvgIpc) is 3.43. The number of aromatic nitrogens is 4. The van der Waals surface area contributed by atoms with E-state index in [1.165, 1.54) is 36.7 Å². The molecule has 3 aromatic rings. The van der Waals surface area contributed by atoms with Crippen LogP contribution in [0.25, 0.3) is 5.65 Å². The molecule has 0 radical (unpaired) electrons. The monoisotopic (exact) mass is 428 g/mol. The van der Waals surface area contributed by atoms with E-state index in [0.29, 0.717) is 23.7 Å². The molecule has 7 heteroatoms. The summed E-state index contributed by atoms with van der Waals surface area (Å²) in [5.74, 6) is 1.23. The maximum atomic E-state index is 13.3. The van der Waals surface area contributed by atoms with Crippen molar-refractivity contribution >= 4 is 11.6 Å². The van der Waals surface area contributed by atoms with E-state index in [0.717, 1.165) is 36.5 Å². The quantitative estimate of drug-likeness (QED) is 0.610. The van der Waals surface area contributed by atoms with Gasteiger partial charge in [0.25, 0.3) is 5.91 Å². The van der Waals surface area contributed by atoms with Gasteiger partial charge in [-0.3, -0.25) is 4.79 Å². The molecule has 3 atom stereocenters. The molecular weight excluding hydrogens is 400 g/mol. The van der Waals surface area contributed by atoms with Crippen LogP contribution in [0.15, 0.2) is 30.6 Å². The summed E-state index contributed by atoms with van der Waals surface area (Å²) in [4.78, 5) is 24.2. The molecule has 0 N–H and O–H groups in total. The Balaban J connectivity index is 1.45. The standard InChI is InChI=1S/C25H28N6O/c1-16-6-7-18(11-16)24-17(2)15-31-23(28-24)12-21(29-31)22-5-3-4-10-30(22)25(32)19-8-9-20(13-26)27-14-19/h8-9,12,14-16,18,22H,3-7,10-11H2,1-2H3/t16-,18?,22-/m0/s1. The van der Waals surface area contributed by atoms with E-state index >= 15 is 0 Å². The minimum Gasteiger partial charge on any atom is -0.330 e. The van der Waals surface area contributed by atoms with Gasteiger partial charge in [0.05, 0.1) is 23.0 Å². The fourth-order valence-electron chi connectivity index (χ4n) is 5.31. The van der Waals surface area contributed by atoms with Crippen molar-refractivity contribution in [3.8, 4) is 6.07 Å². The van der Waals surface area contributed by atoms with Crippen molar-refractivity contribution in [2.75, 3.05) is 6.54 Å². The number of pyridine rings is 1. The molecule has 7 nitrogen and oxygen atoms in total. The van der Waals surface area contributed by atoms with Crippen LogP contribution in [0.4, 0.5) is 0 Å². The second-order valence-corrected chi connectivity index (χ2v) is 9.35. The van der Waals surface area contributed by atoms with Crippen LogP contribution in [-0.2, 0) is 0 Å². The first-order valence-corrected chi connectivity index (χ1v) is 11.6. The van der Waals surface area contributed by atoms with Crippen molar-refractivity contribution in [3.63, 3.8) is 0 Å². The molecular formula is C25H28N6O. The predicted molar refractivity (Wildman–Crippen MR) is 120 cm³/mol. The topological polar surface area (TPSA) is 87.2 Å². The van der Waals surface area contributed by atoms with Crippen LogP contribution >= 0.6 is 0 Å². The van der Waals surface area contributed by atoms with E-state index in [2.05, 4.69) is 31.1 Å². The second kappa shape index (κ2) is 8.34. The van der Waals surface area contributed by atoms with Gasteiger partial charge in [0, 0.05) is 30.9 Å². The fraction of sp³-hybridized carbons (Fsp3) is 0.480. The maximum Gasteiger partial charge on any atom is 0.255 e. The van der Waals surface area contributed by atoms with Gasteiger partial charge < -0.3 is 4.90 Å². The Hall–Kier alpha value is -3.27. The summed E-state index contributed by atoms with van der Waals surface area (Å²) in [5, 5.41) is 13.8. The molecule has 1 aliphatic heterocycles. The third kappa shape index (κ3) is 3.75. The molecule has 1 saturated carbocycles. The molecule has 0 spiro atoms. The van der Waals surface area contributed by atoms with E-state index in [1.807, 2.05) is 15.5 Å². The van der Waals surface area contributed by atoms with Gasteiger partial charge in [-0.2, -0.15) is 10.4 Å². The molecule has 1 aliphatic carbocycles. The lowest BCUT2D eigenvalue weighted by molar-refractivity contribution is 0.0605. The van der Waals surface area contributed by atoms with E-state index < -0.39 is 0 Å². The number of nitrogens with zero attached hydrogens (tertiary/aromatic N) is 6. The van der Waals surface area contributed by atoms with E-state index in [-0.39, 0.29) is 11.9 Å². The summed E-state index contributed by atoms with van der Waals surface area (Å²) in [5.41, 5.74) is 4.96. The molecule has 32 heavy (non-hydrogen) atoms. The molecule has 2 aliphatic rings. The van der Waals surface area contributed by atoms with Crippen molar-refractivity contribution < 1.29 is 4.79 Å².